The molecule has 0 aliphatic carbocycles. The van der Waals surface area contributed by atoms with E-state index in [1.807, 2.05) is 60.7 Å². The lowest BCUT2D eigenvalue weighted by molar-refractivity contribution is 0.0475. The number of hydrogen-bond donors (Lipinski definition) is 1. The molecule has 3 heteroatoms. The van der Waals surface area contributed by atoms with Crippen LogP contribution in [0.1, 0.15) is 21.5 Å². The lowest BCUT2D eigenvalue weighted by Crippen LogP contribution is -2.06. The van der Waals surface area contributed by atoms with Crippen molar-refractivity contribution in [3.8, 4) is 0 Å². The minimum Gasteiger partial charge on any atom is -0.457 e. The number of fused-ring (bicyclic) bond motifs is 5. The molecule has 0 fully saturated rings. The highest BCUT2D eigenvalue weighted by Gasteiger charge is 2.19. The normalized spacial score (nSPS) is 11.3. The van der Waals surface area contributed by atoms with Gasteiger partial charge in [0.15, 0.2) is 0 Å². The Labute approximate surface area is 162 Å². The molecule has 1 aromatic heterocycles. The van der Waals surface area contributed by atoms with Gasteiger partial charge in [-0.2, -0.15) is 0 Å². The Morgan fingerprint density at radius 3 is 2.54 bits per heavy atom. The highest BCUT2D eigenvalue weighted by molar-refractivity contribution is 6.25. The Kier molecular flexibility index (Phi) is 3.87. The first kappa shape index (κ1) is 16.6. The molecule has 5 aromatic rings. The van der Waals surface area contributed by atoms with Gasteiger partial charge in [-0.1, -0.05) is 66.7 Å². The summed E-state index contributed by atoms with van der Waals surface area (Å²) in [4.78, 5) is 16.4. The molecule has 0 amide bonds. The van der Waals surface area contributed by atoms with E-state index in [1.165, 1.54) is 10.9 Å². The summed E-state index contributed by atoms with van der Waals surface area (Å²) in [6, 6.07) is 26.0. The second kappa shape index (κ2) is 6.54. The molecule has 0 unspecified atom stereocenters. The summed E-state index contributed by atoms with van der Waals surface area (Å²) < 4.78 is 5.64. The predicted molar refractivity (Wildman–Crippen MR) is 114 cm³/mol. The first-order valence-corrected chi connectivity index (χ1v) is 9.36. The van der Waals surface area contributed by atoms with Gasteiger partial charge in [0.25, 0.3) is 0 Å². The van der Waals surface area contributed by atoms with Gasteiger partial charge in [-0.25, -0.2) is 4.79 Å². The highest BCUT2D eigenvalue weighted by atomic mass is 16.5. The van der Waals surface area contributed by atoms with E-state index in [9.17, 15) is 4.79 Å². The molecular formula is C25H19NO2. The molecule has 5 rings (SSSR count). The summed E-state index contributed by atoms with van der Waals surface area (Å²) in [7, 11) is 0. The maximum Gasteiger partial charge on any atom is 0.340 e. The second-order valence-electron chi connectivity index (χ2n) is 7.08. The number of H-pyrrole nitrogens is 1. The van der Waals surface area contributed by atoms with Crippen LogP contribution in [-0.2, 0) is 11.3 Å². The van der Waals surface area contributed by atoms with Crippen molar-refractivity contribution in [1.82, 2.24) is 4.98 Å². The van der Waals surface area contributed by atoms with Gasteiger partial charge < -0.3 is 9.72 Å². The summed E-state index contributed by atoms with van der Waals surface area (Å²) in [5, 5.41) is 4.42. The minimum absolute atomic E-state index is 0.257. The lowest BCUT2D eigenvalue weighted by Gasteiger charge is -2.10. The van der Waals surface area contributed by atoms with Crippen molar-refractivity contribution < 1.29 is 9.53 Å². The molecule has 28 heavy (non-hydrogen) atoms. The number of carbonyl (C=O) groups excluding carboxylic acids is 1. The quantitative estimate of drug-likeness (QED) is 0.390. The standard InChI is InChI=1S/C25H19NO2/c1-16-8-7-11-18-14-20(25(27)28-15-17-9-3-2-4-10-17)24-23(22(16)18)19-12-5-6-13-21(19)26-24/h2-14,26H,15H2,1H3. The fourth-order valence-electron chi connectivity index (χ4n) is 3.95. The van der Waals surface area contributed by atoms with Crippen molar-refractivity contribution in [3.05, 3.63) is 95.6 Å². The number of esters is 1. The zero-order valence-corrected chi connectivity index (χ0v) is 15.5. The van der Waals surface area contributed by atoms with Crippen LogP contribution in [0.4, 0.5) is 0 Å². The number of rotatable bonds is 3. The molecule has 136 valence electrons. The van der Waals surface area contributed by atoms with Crippen LogP contribution in [0.5, 0.6) is 0 Å². The fraction of sp³-hybridized carbons (Fsp3) is 0.0800. The van der Waals surface area contributed by atoms with Crippen LogP contribution in [0.25, 0.3) is 32.6 Å². The van der Waals surface area contributed by atoms with E-state index in [0.717, 1.165) is 32.8 Å². The molecule has 0 saturated carbocycles. The third kappa shape index (κ3) is 2.64. The molecule has 4 aromatic carbocycles. The van der Waals surface area contributed by atoms with E-state index in [0.29, 0.717) is 5.56 Å². The summed E-state index contributed by atoms with van der Waals surface area (Å²) in [6.07, 6.45) is 0. The maximum atomic E-state index is 13.0. The van der Waals surface area contributed by atoms with Crippen LogP contribution in [0, 0.1) is 6.92 Å². The average molecular weight is 365 g/mol. The number of hydrogen-bond acceptors (Lipinski definition) is 2. The van der Waals surface area contributed by atoms with E-state index in [1.54, 1.807) is 0 Å². The van der Waals surface area contributed by atoms with Gasteiger partial charge in [-0.15, -0.1) is 0 Å². The van der Waals surface area contributed by atoms with Crippen molar-refractivity contribution in [1.29, 1.82) is 0 Å². The van der Waals surface area contributed by atoms with Gasteiger partial charge in [0.1, 0.15) is 6.61 Å². The Morgan fingerprint density at radius 2 is 1.68 bits per heavy atom. The number of benzene rings is 4. The van der Waals surface area contributed by atoms with Crippen LogP contribution in [0.15, 0.2) is 78.9 Å². The molecule has 1 N–H and O–H groups in total. The largest absolute Gasteiger partial charge is 0.457 e. The van der Waals surface area contributed by atoms with E-state index in [-0.39, 0.29) is 12.6 Å². The number of aromatic nitrogens is 1. The average Bonchev–Trinajstić information content (AvgIpc) is 3.12. The van der Waals surface area contributed by atoms with Crippen molar-refractivity contribution in [2.24, 2.45) is 0 Å². The smallest absolute Gasteiger partial charge is 0.340 e. The number of ether oxygens (including phenoxy) is 1. The van der Waals surface area contributed by atoms with Crippen molar-refractivity contribution in [3.63, 3.8) is 0 Å². The van der Waals surface area contributed by atoms with E-state index in [4.69, 9.17) is 4.74 Å². The van der Waals surface area contributed by atoms with Gasteiger partial charge >= 0.3 is 5.97 Å². The SMILES string of the molecule is Cc1cccc2cc(C(=O)OCc3ccccc3)c3[nH]c4ccccc4c3c12. The highest BCUT2D eigenvalue weighted by Crippen LogP contribution is 2.36. The molecule has 0 spiro atoms. The Bertz CT molecular complexity index is 1330. The molecule has 0 saturated heterocycles. The van der Waals surface area contributed by atoms with E-state index < -0.39 is 0 Å². The van der Waals surface area contributed by atoms with E-state index in [2.05, 4.69) is 30.1 Å². The maximum absolute atomic E-state index is 13.0. The van der Waals surface area contributed by atoms with Crippen LogP contribution in [0.3, 0.4) is 0 Å². The van der Waals surface area contributed by atoms with Crippen molar-refractivity contribution >= 4 is 38.5 Å². The van der Waals surface area contributed by atoms with E-state index >= 15 is 0 Å². The fourth-order valence-corrected chi connectivity index (χ4v) is 3.95. The van der Waals surface area contributed by atoms with Crippen LogP contribution in [0.2, 0.25) is 0 Å². The van der Waals surface area contributed by atoms with Gasteiger partial charge in [-0.3, -0.25) is 0 Å². The molecular weight excluding hydrogens is 346 g/mol. The molecule has 1 heterocycles. The second-order valence-corrected chi connectivity index (χ2v) is 7.08. The predicted octanol–water partition coefficient (Wildman–Crippen LogP) is 6.14. The van der Waals surface area contributed by atoms with Crippen molar-refractivity contribution in [2.75, 3.05) is 0 Å². The summed E-state index contributed by atoms with van der Waals surface area (Å²) in [5.41, 5.74) is 4.59. The third-order valence-corrected chi connectivity index (χ3v) is 5.26. The zero-order chi connectivity index (χ0) is 19.1. The zero-order valence-electron chi connectivity index (χ0n) is 15.5. The molecule has 0 aliphatic heterocycles. The van der Waals surface area contributed by atoms with Crippen LogP contribution < -0.4 is 0 Å². The molecule has 0 radical (unpaired) electrons. The summed E-state index contributed by atoms with van der Waals surface area (Å²) in [6.45, 7) is 2.37. The van der Waals surface area contributed by atoms with Crippen molar-refractivity contribution in [2.45, 2.75) is 13.5 Å². The van der Waals surface area contributed by atoms with Crippen LogP contribution >= 0.6 is 0 Å². The molecule has 3 nitrogen and oxygen atoms in total. The Hall–Kier alpha value is -3.59. The third-order valence-electron chi connectivity index (χ3n) is 5.26. The number of carbonyl (C=O) groups is 1. The number of para-hydroxylation sites is 1. The summed E-state index contributed by atoms with van der Waals surface area (Å²) in [5.74, 6) is -0.316. The van der Waals surface area contributed by atoms with Crippen LogP contribution in [-0.4, -0.2) is 11.0 Å². The van der Waals surface area contributed by atoms with Gasteiger partial charge in [-0.05, 0) is 41.0 Å². The Balaban J connectivity index is 1.71. The Morgan fingerprint density at radius 1 is 0.893 bits per heavy atom. The first-order chi connectivity index (χ1) is 13.7. The summed E-state index contributed by atoms with van der Waals surface area (Å²) >= 11 is 0. The van der Waals surface area contributed by atoms with Gasteiger partial charge in [0.2, 0.25) is 0 Å². The van der Waals surface area contributed by atoms with Gasteiger partial charge in [0, 0.05) is 16.3 Å². The van der Waals surface area contributed by atoms with Gasteiger partial charge in [0.05, 0.1) is 11.1 Å². The minimum atomic E-state index is -0.316. The number of aromatic amines is 1. The first-order valence-electron chi connectivity index (χ1n) is 9.36. The monoisotopic (exact) mass is 365 g/mol. The number of nitrogens with one attached hydrogen (secondary N) is 1. The lowest BCUT2D eigenvalue weighted by atomic mass is 9.97. The topological polar surface area (TPSA) is 42.1 Å². The molecule has 0 aliphatic rings. The number of aryl methyl sites for hydroxylation is 1. The molecule has 0 bridgehead atoms. The molecule has 0 atom stereocenters.